The Bertz CT molecular complexity index is 328. The van der Waals surface area contributed by atoms with E-state index in [0.717, 1.165) is 6.42 Å². The van der Waals surface area contributed by atoms with Gasteiger partial charge in [0.1, 0.15) is 0 Å². The monoisotopic (exact) mass is 204 g/mol. The second-order valence-electron chi connectivity index (χ2n) is 3.56. The van der Waals surface area contributed by atoms with Crippen LogP contribution in [0.2, 0.25) is 0 Å². The third-order valence-electron chi connectivity index (χ3n) is 2.12. The lowest BCUT2D eigenvalue weighted by atomic mass is 10.1. The summed E-state index contributed by atoms with van der Waals surface area (Å²) in [7, 11) is 0. The topological polar surface area (TPSA) is 37.3 Å². The zero-order valence-electron chi connectivity index (χ0n) is 8.89. The Balaban J connectivity index is 2.34. The summed E-state index contributed by atoms with van der Waals surface area (Å²) < 4.78 is 0. The van der Waals surface area contributed by atoms with Crippen LogP contribution in [0.25, 0.3) is 0 Å². The van der Waals surface area contributed by atoms with Crippen LogP contribution in [-0.2, 0) is 11.2 Å². The van der Waals surface area contributed by atoms with Crippen molar-refractivity contribution in [3.63, 3.8) is 0 Å². The molecule has 80 valence electrons. The Hall–Kier alpha value is -1.41. The number of rotatable bonds is 5. The van der Waals surface area contributed by atoms with E-state index in [0.29, 0.717) is 6.42 Å². The predicted octanol–water partition coefficient (Wildman–Crippen LogP) is 2.13. The van der Waals surface area contributed by atoms with Gasteiger partial charge in [0.2, 0.25) is 0 Å². The molecule has 1 atom stereocenters. The normalized spacial score (nSPS) is 12.9. The van der Waals surface area contributed by atoms with E-state index >= 15 is 0 Å². The van der Waals surface area contributed by atoms with Crippen LogP contribution in [0.1, 0.15) is 18.9 Å². The molecule has 0 aliphatic rings. The minimum atomic E-state index is -0.533. The van der Waals surface area contributed by atoms with Crippen molar-refractivity contribution in [3.8, 4) is 0 Å². The number of aliphatic hydroxyl groups is 1. The van der Waals surface area contributed by atoms with Gasteiger partial charge in [0, 0.05) is 0 Å². The molecule has 1 N–H and O–H groups in total. The molecule has 1 aromatic rings. The predicted molar refractivity (Wildman–Crippen MR) is 60.6 cm³/mol. The van der Waals surface area contributed by atoms with Gasteiger partial charge < -0.3 is 5.11 Å². The van der Waals surface area contributed by atoms with E-state index in [1.54, 1.807) is 6.08 Å². The minimum Gasteiger partial charge on any atom is -0.389 e. The highest BCUT2D eigenvalue weighted by Gasteiger charge is 2.00. The zero-order chi connectivity index (χ0) is 11.1. The molecule has 0 amide bonds. The third kappa shape index (κ3) is 5.13. The van der Waals surface area contributed by atoms with Gasteiger partial charge in [-0.1, -0.05) is 36.4 Å². The Kier molecular flexibility index (Phi) is 4.78. The second kappa shape index (κ2) is 6.14. The molecule has 0 aromatic heterocycles. The van der Waals surface area contributed by atoms with Crippen LogP contribution in [0.15, 0.2) is 42.5 Å². The van der Waals surface area contributed by atoms with Gasteiger partial charge in [-0.2, -0.15) is 0 Å². The molecular weight excluding hydrogens is 188 g/mol. The molecule has 2 heteroatoms. The number of benzene rings is 1. The second-order valence-corrected chi connectivity index (χ2v) is 3.56. The van der Waals surface area contributed by atoms with E-state index < -0.39 is 6.10 Å². The summed E-state index contributed by atoms with van der Waals surface area (Å²) in [6.45, 7) is 1.47. The average molecular weight is 204 g/mol. The highest BCUT2D eigenvalue weighted by atomic mass is 16.3. The van der Waals surface area contributed by atoms with E-state index in [1.807, 2.05) is 30.3 Å². The van der Waals surface area contributed by atoms with Crippen molar-refractivity contribution >= 4 is 5.78 Å². The van der Waals surface area contributed by atoms with Crippen LogP contribution in [0.4, 0.5) is 0 Å². The molecule has 1 unspecified atom stereocenters. The lowest BCUT2D eigenvalue weighted by Crippen LogP contribution is -2.04. The van der Waals surface area contributed by atoms with Gasteiger partial charge in [0.25, 0.3) is 0 Å². The van der Waals surface area contributed by atoms with Gasteiger partial charge >= 0.3 is 0 Å². The van der Waals surface area contributed by atoms with Crippen molar-refractivity contribution in [1.82, 2.24) is 0 Å². The fraction of sp³-hybridized carbons (Fsp3) is 0.308. The quantitative estimate of drug-likeness (QED) is 0.746. The first-order valence-corrected chi connectivity index (χ1v) is 5.09. The summed E-state index contributed by atoms with van der Waals surface area (Å²) in [5, 5.41) is 9.52. The highest BCUT2D eigenvalue weighted by Crippen LogP contribution is 2.05. The molecular formula is C13H16O2. The summed E-state index contributed by atoms with van der Waals surface area (Å²) >= 11 is 0. The lowest BCUT2D eigenvalue weighted by Gasteiger charge is -2.04. The van der Waals surface area contributed by atoms with Crippen LogP contribution in [0.5, 0.6) is 0 Å². The SMILES string of the molecule is CC(=O)C=CC(O)CCc1ccccc1. The summed E-state index contributed by atoms with van der Waals surface area (Å²) in [6, 6.07) is 9.98. The molecule has 15 heavy (non-hydrogen) atoms. The number of aliphatic hydroxyl groups excluding tert-OH is 1. The number of hydrogen-bond donors (Lipinski definition) is 1. The maximum absolute atomic E-state index is 10.6. The average Bonchev–Trinajstić information content (AvgIpc) is 2.25. The van der Waals surface area contributed by atoms with Crippen molar-refractivity contribution in [2.24, 2.45) is 0 Å². The molecule has 1 rings (SSSR count). The van der Waals surface area contributed by atoms with E-state index in [1.165, 1.54) is 18.6 Å². The molecule has 0 bridgehead atoms. The number of carbonyl (C=O) groups is 1. The van der Waals surface area contributed by atoms with Crippen LogP contribution < -0.4 is 0 Å². The van der Waals surface area contributed by atoms with E-state index in [-0.39, 0.29) is 5.78 Å². The Morgan fingerprint density at radius 1 is 1.40 bits per heavy atom. The summed E-state index contributed by atoms with van der Waals surface area (Å²) in [4.78, 5) is 10.6. The first-order chi connectivity index (χ1) is 7.18. The van der Waals surface area contributed by atoms with Crippen LogP contribution in [-0.4, -0.2) is 17.0 Å². The molecule has 0 aliphatic carbocycles. The van der Waals surface area contributed by atoms with E-state index in [2.05, 4.69) is 0 Å². The van der Waals surface area contributed by atoms with Gasteiger partial charge in [-0.05, 0) is 31.4 Å². The van der Waals surface area contributed by atoms with Gasteiger partial charge in [-0.15, -0.1) is 0 Å². The first-order valence-electron chi connectivity index (χ1n) is 5.09. The van der Waals surface area contributed by atoms with Gasteiger partial charge in [-0.25, -0.2) is 0 Å². The van der Waals surface area contributed by atoms with Gasteiger partial charge in [0.05, 0.1) is 6.10 Å². The maximum Gasteiger partial charge on any atom is 0.152 e. The maximum atomic E-state index is 10.6. The molecule has 0 saturated carbocycles. The standard InChI is InChI=1S/C13H16O2/c1-11(14)7-9-13(15)10-8-12-5-3-2-4-6-12/h2-7,9,13,15H,8,10H2,1H3. The summed E-state index contributed by atoms with van der Waals surface area (Å²) in [6.07, 6.45) is 3.90. The van der Waals surface area contributed by atoms with E-state index in [9.17, 15) is 9.90 Å². The van der Waals surface area contributed by atoms with Crippen molar-refractivity contribution in [3.05, 3.63) is 48.0 Å². The number of hydrogen-bond acceptors (Lipinski definition) is 2. The number of aryl methyl sites for hydroxylation is 1. The Labute approximate surface area is 90.3 Å². The number of ketones is 1. The summed E-state index contributed by atoms with van der Waals surface area (Å²) in [5.41, 5.74) is 1.20. The fourth-order valence-electron chi connectivity index (χ4n) is 1.30. The molecule has 0 fully saturated rings. The van der Waals surface area contributed by atoms with Crippen molar-refractivity contribution in [2.75, 3.05) is 0 Å². The smallest absolute Gasteiger partial charge is 0.152 e. The highest BCUT2D eigenvalue weighted by molar-refractivity contribution is 5.87. The van der Waals surface area contributed by atoms with Crippen molar-refractivity contribution in [1.29, 1.82) is 0 Å². The van der Waals surface area contributed by atoms with Crippen LogP contribution in [0, 0.1) is 0 Å². The third-order valence-corrected chi connectivity index (χ3v) is 2.12. The largest absolute Gasteiger partial charge is 0.389 e. The van der Waals surface area contributed by atoms with E-state index in [4.69, 9.17) is 0 Å². The molecule has 0 aliphatic heterocycles. The summed E-state index contributed by atoms with van der Waals surface area (Å²) in [5.74, 6) is -0.0336. The van der Waals surface area contributed by atoms with Gasteiger partial charge in [-0.3, -0.25) is 4.79 Å². The molecule has 0 saturated heterocycles. The molecule has 0 heterocycles. The fourth-order valence-corrected chi connectivity index (χ4v) is 1.30. The van der Waals surface area contributed by atoms with Crippen LogP contribution in [0.3, 0.4) is 0 Å². The molecule has 0 radical (unpaired) electrons. The first kappa shape index (κ1) is 11.7. The Morgan fingerprint density at radius 3 is 2.67 bits per heavy atom. The molecule has 0 spiro atoms. The van der Waals surface area contributed by atoms with Crippen molar-refractivity contribution in [2.45, 2.75) is 25.9 Å². The van der Waals surface area contributed by atoms with Crippen LogP contribution >= 0.6 is 0 Å². The number of allylic oxidation sites excluding steroid dienone is 1. The molecule has 2 nitrogen and oxygen atoms in total. The minimum absolute atomic E-state index is 0.0336. The zero-order valence-corrected chi connectivity index (χ0v) is 8.89. The van der Waals surface area contributed by atoms with Gasteiger partial charge in [0.15, 0.2) is 5.78 Å². The Morgan fingerprint density at radius 2 is 2.07 bits per heavy atom. The lowest BCUT2D eigenvalue weighted by molar-refractivity contribution is -0.112. The number of carbonyl (C=O) groups excluding carboxylic acids is 1. The molecule has 1 aromatic carbocycles. The van der Waals surface area contributed by atoms with Crippen molar-refractivity contribution < 1.29 is 9.90 Å².